The number of rotatable bonds is 13. The number of piperidine rings is 1. The molecule has 3 heterocycles. The van der Waals surface area contributed by atoms with Crippen LogP contribution in [0.1, 0.15) is 71.2 Å². The van der Waals surface area contributed by atoms with Crippen molar-refractivity contribution in [3.05, 3.63) is 117 Å². The number of pyridine rings is 1. The molecule has 0 spiro atoms. The number of hydrogen-bond donors (Lipinski definition) is 6. The molecule has 1 saturated carbocycles. The molecular weight excluding hydrogens is 715 g/mol. The minimum absolute atomic E-state index is 0.0385. The van der Waals surface area contributed by atoms with E-state index in [2.05, 4.69) is 25.8 Å². The number of aliphatic hydroxyl groups is 1. The van der Waals surface area contributed by atoms with Gasteiger partial charge in [0.1, 0.15) is 11.9 Å². The van der Waals surface area contributed by atoms with Crippen LogP contribution in [-0.4, -0.2) is 70.4 Å². The van der Waals surface area contributed by atoms with Crippen LogP contribution in [0, 0.1) is 5.92 Å². The number of likely N-dealkylation sites (tertiary alicyclic amines) is 1. The van der Waals surface area contributed by atoms with Gasteiger partial charge in [0.15, 0.2) is 0 Å². The third-order valence-electron chi connectivity index (χ3n) is 10.9. The van der Waals surface area contributed by atoms with Crippen LogP contribution < -0.4 is 21.5 Å². The smallest absolute Gasteiger partial charge is 0.411 e. The predicted molar refractivity (Wildman–Crippen MR) is 216 cm³/mol. The number of carbonyl (C=O) groups excluding carboxylic acids is 2. The van der Waals surface area contributed by atoms with Crippen LogP contribution in [0.4, 0.5) is 10.5 Å². The Hall–Kier alpha value is -5.01. The van der Waals surface area contributed by atoms with Crippen LogP contribution in [-0.2, 0) is 11.3 Å². The van der Waals surface area contributed by atoms with Crippen LogP contribution >= 0.6 is 11.3 Å². The second-order valence-corrected chi connectivity index (χ2v) is 15.8. The topological polar surface area (TPSA) is 156 Å². The molecule has 2 fully saturated rings. The Balaban J connectivity index is 0.775. The van der Waals surface area contributed by atoms with Gasteiger partial charge in [0.2, 0.25) is 5.56 Å². The van der Waals surface area contributed by atoms with Gasteiger partial charge < -0.3 is 35.5 Å². The predicted octanol–water partition coefficient (Wildman–Crippen LogP) is 7.18. The number of nitrogens with one attached hydrogen (secondary N) is 4. The van der Waals surface area contributed by atoms with Gasteiger partial charge in [0.05, 0.1) is 22.2 Å². The standard InChI is InChI=1S/C43H49N5O6S/c49-37-17-15-34(35-16-19-40(51)47-41(35)37)38(50)27-44-26-32-14-18-39(55-32)42(52)45-30-12-10-28(11-13-30)20-23-48-24-21-31(22-25-48)54-43(53)46-36-9-5-4-8-33(36)29-6-2-1-3-7-29/h1-9,14-19,28,30-31,38,44,49-50H,10-13,20-27H2,(H,45,52)(H,46,53)(H,47,51). The molecule has 1 saturated heterocycles. The van der Waals surface area contributed by atoms with Gasteiger partial charge in [-0.3, -0.25) is 14.9 Å². The third-order valence-corrected chi connectivity index (χ3v) is 12.0. The molecule has 2 aromatic heterocycles. The van der Waals surface area contributed by atoms with Gasteiger partial charge in [0, 0.05) is 54.1 Å². The van der Waals surface area contributed by atoms with Gasteiger partial charge in [-0.2, -0.15) is 0 Å². The van der Waals surface area contributed by atoms with E-state index in [1.807, 2.05) is 66.7 Å². The third kappa shape index (κ3) is 10.0. The van der Waals surface area contributed by atoms with E-state index >= 15 is 0 Å². The number of aromatic amines is 1. The summed E-state index contributed by atoms with van der Waals surface area (Å²) in [6.07, 6.45) is 5.61. The summed E-state index contributed by atoms with van der Waals surface area (Å²) in [6, 6.07) is 27.9. The van der Waals surface area contributed by atoms with Crippen molar-refractivity contribution in [1.82, 2.24) is 20.5 Å². The lowest BCUT2D eigenvalue weighted by Gasteiger charge is -2.34. The number of ether oxygens (including phenoxy) is 1. The van der Waals surface area contributed by atoms with E-state index in [-0.39, 0.29) is 35.9 Å². The van der Waals surface area contributed by atoms with Crippen LogP contribution in [0.25, 0.3) is 22.0 Å². The first-order valence-corrected chi connectivity index (χ1v) is 20.1. The fraction of sp³-hybridized carbons (Fsp3) is 0.372. The first kappa shape index (κ1) is 38.3. The Morgan fingerprint density at radius 1 is 0.891 bits per heavy atom. The summed E-state index contributed by atoms with van der Waals surface area (Å²) in [5.74, 6) is 0.563. The fourth-order valence-corrected chi connectivity index (χ4v) is 8.69. The van der Waals surface area contributed by atoms with E-state index in [1.54, 1.807) is 12.1 Å². The zero-order valence-electron chi connectivity index (χ0n) is 30.8. The quantitative estimate of drug-likeness (QED) is 0.0737. The number of phenols is 1. The number of H-pyrrole nitrogens is 1. The number of amides is 2. The van der Waals surface area contributed by atoms with Crippen molar-refractivity contribution in [3.63, 3.8) is 0 Å². The fourth-order valence-electron chi connectivity index (χ4n) is 7.81. The van der Waals surface area contributed by atoms with Gasteiger partial charge in [0.25, 0.3) is 5.91 Å². The molecule has 1 atom stereocenters. The Labute approximate surface area is 324 Å². The molecule has 12 heteroatoms. The summed E-state index contributed by atoms with van der Waals surface area (Å²) in [7, 11) is 0. The number of anilines is 1. The van der Waals surface area contributed by atoms with E-state index in [9.17, 15) is 24.6 Å². The summed E-state index contributed by atoms with van der Waals surface area (Å²) in [4.78, 5) is 44.4. The van der Waals surface area contributed by atoms with Gasteiger partial charge >= 0.3 is 6.09 Å². The molecular formula is C43H49N5O6S. The van der Waals surface area contributed by atoms with Crippen molar-refractivity contribution in [3.8, 4) is 16.9 Å². The number of para-hydroxylation sites is 1. The van der Waals surface area contributed by atoms with Crippen LogP contribution in [0.2, 0.25) is 0 Å². The maximum Gasteiger partial charge on any atom is 0.411 e. The number of aromatic nitrogens is 1. The van der Waals surface area contributed by atoms with Gasteiger partial charge in [-0.05, 0) is 98.9 Å². The Morgan fingerprint density at radius 3 is 2.45 bits per heavy atom. The Kier molecular flexibility index (Phi) is 12.6. The second-order valence-electron chi connectivity index (χ2n) is 14.7. The summed E-state index contributed by atoms with van der Waals surface area (Å²) in [6.45, 7) is 3.64. The van der Waals surface area contributed by atoms with Crippen molar-refractivity contribution in [2.45, 2.75) is 69.7 Å². The SMILES string of the molecule is O=C(Nc1ccccc1-c1ccccc1)OC1CCN(CCC2CCC(NC(=O)c3ccc(CNCC(O)c4ccc(O)c5[nH]c(=O)ccc45)s3)CC2)CC1. The average molecular weight is 764 g/mol. The highest BCUT2D eigenvalue weighted by atomic mass is 32.1. The lowest BCUT2D eigenvalue weighted by atomic mass is 9.84. The van der Waals surface area contributed by atoms with Crippen LogP contribution in [0.5, 0.6) is 5.75 Å². The number of hydrogen-bond acceptors (Lipinski definition) is 9. The van der Waals surface area contributed by atoms with Crippen molar-refractivity contribution < 1.29 is 24.5 Å². The molecule has 7 rings (SSSR count). The monoisotopic (exact) mass is 763 g/mol. The van der Waals surface area contributed by atoms with Gasteiger partial charge in [-0.15, -0.1) is 11.3 Å². The average Bonchev–Trinajstić information content (AvgIpc) is 3.68. The maximum absolute atomic E-state index is 13.1. The van der Waals surface area contributed by atoms with E-state index < -0.39 is 12.2 Å². The van der Waals surface area contributed by atoms with Crippen LogP contribution in [0.3, 0.4) is 0 Å². The number of benzene rings is 3. The lowest BCUT2D eigenvalue weighted by Crippen LogP contribution is -2.40. The van der Waals surface area contributed by atoms with Crippen molar-refractivity contribution in [2.24, 2.45) is 5.92 Å². The van der Waals surface area contributed by atoms with E-state index in [0.717, 1.165) is 86.3 Å². The molecule has 3 aromatic carbocycles. The molecule has 6 N–H and O–H groups in total. The number of aromatic hydroxyl groups is 1. The minimum Gasteiger partial charge on any atom is -0.506 e. The first-order chi connectivity index (χ1) is 26.8. The normalized spacial score (nSPS) is 18.5. The lowest BCUT2D eigenvalue weighted by molar-refractivity contribution is 0.0563. The molecule has 1 aliphatic heterocycles. The van der Waals surface area contributed by atoms with Gasteiger partial charge in [-0.25, -0.2) is 4.79 Å². The summed E-state index contributed by atoms with van der Waals surface area (Å²) >= 11 is 1.45. The van der Waals surface area contributed by atoms with Gasteiger partial charge in [-0.1, -0.05) is 54.6 Å². The zero-order chi connectivity index (χ0) is 38.1. The Morgan fingerprint density at radius 2 is 1.65 bits per heavy atom. The summed E-state index contributed by atoms with van der Waals surface area (Å²) in [5, 5.41) is 31.0. The van der Waals surface area contributed by atoms with Crippen LogP contribution in [0.15, 0.2) is 95.8 Å². The second kappa shape index (κ2) is 18.1. The molecule has 11 nitrogen and oxygen atoms in total. The molecule has 2 amide bonds. The van der Waals surface area contributed by atoms with Crippen molar-refractivity contribution >= 4 is 39.9 Å². The molecule has 55 heavy (non-hydrogen) atoms. The highest BCUT2D eigenvalue weighted by Gasteiger charge is 2.26. The van der Waals surface area contributed by atoms with Crippen molar-refractivity contribution in [1.29, 1.82) is 0 Å². The molecule has 2 aliphatic rings. The number of phenolic OH excluding ortho intramolecular Hbond substituents is 1. The molecule has 0 bridgehead atoms. The van der Waals surface area contributed by atoms with E-state index in [0.29, 0.717) is 33.8 Å². The highest BCUT2D eigenvalue weighted by molar-refractivity contribution is 7.14. The minimum atomic E-state index is -0.853. The molecule has 5 aromatic rings. The molecule has 1 aliphatic carbocycles. The summed E-state index contributed by atoms with van der Waals surface area (Å²) < 4.78 is 5.83. The first-order valence-electron chi connectivity index (χ1n) is 19.3. The number of nitrogens with zero attached hydrogens (tertiary/aromatic N) is 1. The van der Waals surface area contributed by atoms with E-state index in [4.69, 9.17) is 4.74 Å². The molecule has 0 radical (unpaired) electrons. The zero-order valence-corrected chi connectivity index (χ0v) is 31.7. The maximum atomic E-state index is 13.1. The summed E-state index contributed by atoms with van der Waals surface area (Å²) in [5.41, 5.74) is 3.34. The number of thiophene rings is 1. The number of aliphatic hydroxyl groups excluding tert-OH is 1. The number of fused-ring (bicyclic) bond motifs is 1. The largest absolute Gasteiger partial charge is 0.506 e. The molecule has 288 valence electrons. The highest BCUT2D eigenvalue weighted by Crippen LogP contribution is 2.31. The number of carbonyl (C=O) groups is 2. The molecule has 1 unspecified atom stereocenters. The van der Waals surface area contributed by atoms with Crippen molar-refractivity contribution in [2.75, 3.05) is 31.5 Å². The van der Waals surface area contributed by atoms with E-state index in [1.165, 1.54) is 23.5 Å². The Bertz CT molecular complexity index is 2120.